The maximum Gasteiger partial charge on any atom is 0.0541 e. The number of aliphatic hydroxyl groups is 1. The number of rotatable bonds is 2. The van der Waals surface area contributed by atoms with Crippen LogP contribution >= 0.6 is 0 Å². The van der Waals surface area contributed by atoms with E-state index in [4.69, 9.17) is 0 Å². The van der Waals surface area contributed by atoms with Gasteiger partial charge in [0.1, 0.15) is 0 Å². The molecule has 94 valence electrons. The molecule has 0 aromatic heterocycles. The molecular formula is C15H23NO. The van der Waals surface area contributed by atoms with Crippen LogP contribution in [0.15, 0.2) is 12.1 Å². The van der Waals surface area contributed by atoms with Crippen molar-refractivity contribution in [3.05, 3.63) is 28.8 Å². The minimum atomic E-state index is -0.0751. The van der Waals surface area contributed by atoms with Crippen molar-refractivity contribution in [3.63, 3.8) is 0 Å². The van der Waals surface area contributed by atoms with Gasteiger partial charge in [0.05, 0.1) is 6.10 Å². The van der Waals surface area contributed by atoms with Crippen LogP contribution in [0.2, 0.25) is 0 Å². The topological polar surface area (TPSA) is 32.3 Å². The highest BCUT2D eigenvalue weighted by Gasteiger charge is 2.19. The van der Waals surface area contributed by atoms with Crippen molar-refractivity contribution >= 4 is 5.69 Å². The van der Waals surface area contributed by atoms with Crippen LogP contribution in [0.5, 0.6) is 0 Å². The van der Waals surface area contributed by atoms with Gasteiger partial charge in [-0.3, -0.25) is 0 Å². The molecule has 1 aromatic rings. The first-order valence-corrected chi connectivity index (χ1v) is 6.59. The fourth-order valence-electron chi connectivity index (χ4n) is 2.55. The normalized spacial score (nSPS) is 24.7. The average molecular weight is 233 g/mol. The van der Waals surface area contributed by atoms with Crippen LogP contribution in [0.3, 0.4) is 0 Å². The van der Waals surface area contributed by atoms with E-state index < -0.39 is 0 Å². The smallest absolute Gasteiger partial charge is 0.0541 e. The number of aryl methyl sites for hydroxylation is 1. The molecule has 1 saturated carbocycles. The molecule has 2 nitrogen and oxygen atoms in total. The highest BCUT2D eigenvalue weighted by Crippen LogP contribution is 2.26. The lowest BCUT2D eigenvalue weighted by Gasteiger charge is -2.28. The van der Waals surface area contributed by atoms with Crippen molar-refractivity contribution < 1.29 is 5.11 Å². The first-order chi connectivity index (χ1) is 8.08. The molecule has 0 aliphatic heterocycles. The third-order valence-corrected chi connectivity index (χ3v) is 4.11. The Hall–Kier alpha value is -1.02. The van der Waals surface area contributed by atoms with Crippen LogP contribution in [0.4, 0.5) is 5.69 Å². The van der Waals surface area contributed by atoms with Crippen molar-refractivity contribution in [2.45, 2.75) is 58.6 Å². The number of hydrogen-bond acceptors (Lipinski definition) is 2. The lowest BCUT2D eigenvalue weighted by atomic mass is 9.92. The predicted octanol–water partition coefficient (Wildman–Crippen LogP) is 3.33. The summed E-state index contributed by atoms with van der Waals surface area (Å²) in [6.45, 7) is 6.52. The highest BCUT2D eigenvalue weighted by molar-refractivity contribution is 5.56. The van der Waals surface area contributed by atoms with Crippen LogP contribution in [0.25, 0.3) is 0 Å². The van der Waals surface area contributed by atoms with Crippen molar-refractivity contribution in [3.8, 4) is 0 Å². The Kier molecular flexibility index (Phi) is 3.72. The van der Waals surface area contributed by atoms with E-state index in [1.807, 2.05) is 0 Å². The van der Waals surface area contributed by atoms with Crippen molar-refractivity contribution in [1.29, 1.82) is 0 Å². The Morgan fingerprint density at radius 3 is 2.29 bits per heavy atom. The number of aliphatic hydroxyl groups excluding tert-OH is 1. The Morgan fingerprint density at radius 1 is 1.00 bits per heavy atom. The highest BCUT2D eigenvalue weighted by atomic mass is 16.3. The Bertz CT molecular complexity index is 392. The summed E-state index contributed by atoms with van der Waals surface area (Å²) >= 11 is 0. The second-order valence-electron chi connectivity index (χ2n) is 5.33. The van der Waals surface area contributed by atoms with E-state index in [0.717, 1.165) is 25.7 Å². The first kappa shape index (κ1) is 12.4. The van der Waals surface area contributed by atoms with E-state index >= 15 is 0 Å². The standard InChI is InChI=1S/C15H23NO/c1-10-4-9-15(12(3)11(10)2)16-13-5-7-14(17)8-6-13/h4,9,13-14,16-17H,5-8H2,1-3H3. The molecule has 0 bridgehead atoms. The quantitative estimate of drug-likeness (QED) is 0.821. The van der Waals surface area contributed by atoms with Crippen LogP contribution in [0, 0.1) is 20.8 Å². The zero-order chi connectivity index (χ0) is 12.4. The zero-order valence-corrected chi connectivity index (χ0v) is 11.1. The summed E-state index contributed by atoms with van der Waals surface area (Å²) in [6, 6.07) is 4.89. The third-order valence-electron chi connectivity index (χ3n) is 4.11. The number of anilines is 1. The maximum absolute atomic E-state index is 9.50. The van der Waals surface area contributed by atoms with E-state index in [2.05, 4.69) is 38.2 Å². The molecule has 2 heteroatoms. The fourth-order valence-corrected chi connectivity index (χ4v) is 2.55. The van der Waals surface area contributed by atoms with Crippen LogP contribution in [-0.2, 0) is 0 Å². The lowest BCUT2D eigenvalue weighted by molar-refractivity contribution is 0.126. The fraction of sp³-hybridized carbons (Fsp3) is 0.600. The summed E-state index contributed by atoms with van der Waals surface area (Å²) in [4.78, 5) is 0. The van der Waals surface area contributed by atoms with Gasteiger partial charge in [-0.05, 0) is 69.2 Å². The van der Waals surface area contributed by atoms with Gasteiger partial charge in [0.15, 0.2) is 0 Å². The molecule has 1 aromatic carbocycles. The first-order valence-electron chi connectivity index (χ1n) is 6.59. The van der Waals surface area contributed by atoms with Crippen LogP contribution in [-0.4, -0.2) is 17.3 Å². The average Bonchev–Trinajstić information content (AvgIpc) is 2.33. The molecule has 17 heavy (non-hydrogen) atoms. The van der Waals surface area contributed by atoms with Gasteiger partial charge in [0, 0.05) is 11.7 Å². The SMILES string of the molecule is Cc1ccc(NC2CCC(O)CC2)c(C)c1C. The number of hydrogen-bond donors (Lipinski definition) is 2. The summed E-state index contributed by atoms with van der Waals surface area (Å²) in [7, 11) is 0. The second-order valence-corrected chi connectivity index (χ2v) is 5.33. The summed E-state index contributed by atoms with van der Waals surface area (Å²) in [5.74, 6) is 0. The molecule has 0 unspecified atom stereocenters. The molecule has 1 aliphatic rings. The van der Waals surface area contributed by atoms with Gasteiger partial charge in [-0.2, -0.15) is 0 Å². The third kappa shape index (κ3) is 2.81. The van der Waals surface area contributed by atoms with Gasteiger partial charge >= 0.3 is 0 Å². The van der Waals surface area contributed by atoms with Crippen LogP contribution in [0.1, 0.15) is 42.4 Å². The zero-order valence-electron chi connectivity index (χ0n) is 11.1. The van der Waals surface area contributed by atoms with Crippen molar-refractivity contribution in [1.82, 2.24) is 0 Å². The summed E-state index contributed by atoms with van der Waals surface area (Å²) in [6.07, 6.45) is 3.94. The monoisotopic (exact) mass is 233 g/mol. The molecule has 2 N–H and O–H groups in total. The van der Waals surface area contributed by atoms with Gasteiger partial charge in [-0.15, -0.1) is 0 Å². The summed E-state index contributed by atoms with van der Waals surface area (Å²) in [5.41, 5.74) is 5.35. The van der Waals surface area contributed by atoms with Gasteiger partial charge in [-0.25, -0.2) is 0 Å². The van der Waals surface area contributed by atoms with Gasteiger partial charge in [0.2, 0.25) is 0 Å². The van der Waals surface area contributed by atoms with E-state index in [9.17, 15) is 5.11 Å². The predicted molar refractivity (Wildman–Crippen MR) is 72.5 cm³/mol. The van der Waals surface area contributed by atoms with Gasteiger partial charge in [-0.1, -0.05) is 6.07 Å². The van der Waals surface area contributed by atoms with Gasteiger partial charge < -0.3 is 10.4 Å². The van der Waals surface area contributed by atoms with E-state index in [1.165, 1.54) is 22.4 Å². The Labute approximate surface area is 104 Å². The number of benzene rings is 1. The largest absolute Gasteiger partial charge is 0.393 e. The maximum atomic E-state index is 9.50. The Balaban J connectivity index is 2.06. The molecule has 0 saturated heterocycles. The molecule has 0 heterocycles. The molecule has 0 radical (unpaired) electrons. The van der Waals surface area contributed by atoms with Gasteiger partial charge in [0.25, 0.3) is 0 Å². The molecule has 0 atom stereocenters. The van der Waals surface area contributed by atoms with E-state index in [-0.39, 0.29) is 6.10 Å². The van der Waals surface area contributed by atoms with E-state index in [0.29, 0.717) is 6.04 Å². The Morgan fingerprint density at radius 2 is 1.65 bits per heavy atom. The minimum absolute atomic E-state index is 0.0751. The molecule has 1 aliphatic carbocycles. The second kappa shape index (κ2) is 5.09. The molecule has 0 amide bonds. The number of nitrogens with one attached hydrogen (secondary N) is 1. The van der Waals surface area contributed by atoms with Crippen molar-refractivity contribution in [2.75, 3.05) is 5.32 Å². The molecule has 2 rings (SSSR count). The molecule has 1 fully saturated rings. The van der Waals surface area contributed by atoms with Crippen molar-refractivity contribution in [2.24, 2.45) is 0 Å². The molecule has 0 spiro atoms. The summed E-state index contributed by atoms with van der Waals surface area (Å²) < 4.78 is 0. The van der Waals surface area contributed by atoms with E-state index in [1.54, 1.807) is 0 Å². The molecular weight excluding hydrogens is 210 g/mol. The van der Waals surface area contributed by atoms with Crippen LogP contribution < -0.4 is 5.32 Å². The summed E-state index contributed by atoms with van der Waals surface area (Å²) in [5, 5.41) is 13.1. The lowest BCUT2D eigenvalue weighted by Crippen LogP contribution is -2.28. The minimum Gasteiger partial charge on any atom is -0.393 e.